The summed E-state index contributed by atoms with van der Waals surface area (Å²) in [6.07, 6.45) is 3.64. The van der Waals surface area contributed by atoms with E-state index in [-0.39, 0.29) is 6.04 Å². The lowest BCUT2D eigenvalue weighted by Gasteiger charge is -2.34. The quantitative estimate of drug-likeness (QED) is 0.895. The average Bonchev–Trinajstić information content (AvgIpc) is 3.01. The highest BCUT2D eigenvalue weighted by Crippen LogP contribution is 2.24. The van der Waals surface area contributed by atoms with Crippen molar-refractivity contribution >= 4 is 11.3 Å². The second-order valence-electron chi connectivity index (χ2n) is 4.00. The van der Waals surface area contributed by atoms with Crippen LogP contribution >= 0.6 is 11.3 Å². The summed E-state index contributed by atoms with van der Waals surface area (Å²) in [5.74, 6) is 0. The summed E-state index contributed by atoms with van der Waals surface area (Å²) >= 11 is 1.70. The minimum Gasteiger partial charge on any atom is -0.378 e. The number of morpholine rings is 1. The van der Waals surface area contributed by atoms with Crippen LogP contribution < -0.4 is 0 Å². The van der Waals surface area contributed by atoms with Crippen LogP contribution in [0, 0.1) is 0 Å². The maximum Gasteiger partial charge on any atom is 0.107 e. The van der Waals surface area contributed by atoms with Gasteiger partial charge in [-0.25, -0.2) is 4.98 Å². The fourth-order valence-electron chi connectivity index (χ4n) is 2.07. The average molecular weight is 250 g/mol. The lowest BCUT2D eigenvalue weighted by atomic mass is 10.1. The van der Waals surface area contributed by atoms with Crippen LogP contribution in [0.2, 0.25) is 0 Å². The number of rotatable bonds is 3. The van der Waals surface area contributed by atoms with Crippen LogP contribution in [-0.4, -0.2) is 39.8 Å². The third kappa shape index (κ3) is 2.38. The zero-order valence-corrected chi connectivity index (χ0v) is 10.2. The van der Waals surface area contributed by atoms with Gasteiger partial charge in [-0.2, -0.15) is 5.10 Å². The number of aromatic amines is 1. The van der Waals surface area contributed by atoms with Crippen molar-refractivity contribution < 1.29 is 4.74 Å². The Balaban J connectivity index is 1.76. The summed E-state index contributed by atoms with van der Waals surface area (Å²) in [7, 11) is 0. The summed E-state index contributed by atoms with van der Waals surface area (Å²) in [6.45, 7) is 3.32. The number of aromatic nitrogens is 3. The van der Waals surface area contributed by atoms with Gasteiger partial charge in [-0.15, -0.1) is 11.3 Å². The summed E-state index contributed by atoms with van der Waals surface area (Å²) in [6, 6.07) is 2.27. The van der Waals surface area contributed by atoms with E-state index in [1.54, 1.807) is 17.5 Å². The maximum absolute atomic E-state index is 5.55. The number of hydrogen-bond acceptors (Lipinski definition) is 5. The molecule has 0 saturated carbocycles. The Morgan fingerprint density at radius 1 is 1.53 bits per heavy atom. The van der Waals surface area contributed by atoms with Crippen molar-refractivity contribution in [1.29, 1.82) is 0 Å². The molecule has 0 spiro atoms. The van der Waals surface area contributed by atoms with Crippen LogP contribution in [0.1, 0.15) is 16.7 Å². The highest BCUT2D eigenvalue weighted by molar-refractivity contribution is 7.09. The fourth-order valence-corrected chi connectivity index (χ4v) is 2.71. The molecular formula is C11H14N4OS. The number of thiazole rings is 1. The molecular weight excluding hydrogens is 236 g/mol. The number of ether oxygens (including phenoxy) is 1. The molecule has 6 heteroatoms. The molecule has 1 aliphatic heterocycles. The Morgan fingerprint density at radius 3 is 3.29 bits per heavy atom. The number of nitrogens with one attached hydrogen (secondary N) is 1. The van der Waals surface area contributed by atoms with Gasteiger partial charge in [0.2, 0.25) is 0 Å². The molecule has 1 N–H and O–H groups in total. The Morgan fingerprint density at radius 2 is 2.53 bits per heavy atom. The molecule has 1 saturated heterocycles. The minimum absolute atomic E-state index is 0.259. The van der Waals surface area contributed by atoms with Crippen LogP contribution in [0.25, 0.3) is 0 Å². The van der Waals surface area contributed by atoms with E-state index in [2.05, 4.69) is 20.1 Å². The van der Waals surface area contributed by atoms with Gasteiger partial charge in [-0.05, 0) is 6.07 Å². The molecule has 0 aliphatic carbocycles. The van der Waals surface area contributed by atoms with Crippen LogP contribution in [-0.2, 0) is 11.3 Å². The van der Waals surface area contributed by atoms with Crippen molar-refractivity contribution in [2.24, 2.45) is 0 Å². The smallest absolute Gasteiger partial charge is 0.107 e. The number of nitrogens with zero attached hydrogens (tertiary/aromatic N) is 3. The number of hydrogen-bond donors (Lipinski definition) is 1. The topological polar surface area (TPSA) is 54.0 Å². The molecule has 1 fully saturated rings. The van der Waals surface area contributed by atoms with Crippen molar-refractivity contribution in [3.63, 3.8) is 0 Å². The zero-order chi connectivity index (χ0) is 11.5. The van der Waals surface area contributed by atoms with E-state index in [1.807, 2.05) is 17.6 Å². The molecule has 3 heterocycles. The predicted octanol–water partition coefficient (Wildman–Crippen LogP) is 1.44. The van der Waals surface area contributed by atoms with E-state index in [9.17, 15) is 0 Å². The fraction of sp³-hybridized carbons (Fsp3) is 0.455. The molecule has 0 bridgehead atoms. The maximum atomic E-state index is 5.55. The molecule has 2 aromatic heterocycles. The van der Waals surface area contributed by atoms with Crippen molar-refractivity contribution in [2.75, 3.05) is 19.8 Å². The van der Waals surface area contributed by atoms with Gasteiger partial charge in [-0.3, -0.25) is 10.00 Å². The van der Waals surface area contributed by atoms with E-state index >= 15 is 0 Å². The molecule has 0 amide bonds. The molecule has 1 atom stereocenters. The second-order valence-corrected chi connectivity index (χ2v) is 4.98. The minimum atomic E-state index is 0.259. The third-order valence-electron chi connectivity index (χ3n) is 2.94. The molecule has 1 unspecified atom stereocenters. The summed E-state index contributed by atoms with van der Waals surface area (Å²) in [4.78, 5) is 6.72. The van der Waals surface area contributed by atoms with Gasteiger partial charge in [0.15, 0.2) is 0 Å². The molecule has 2 aromatic rings. The molecule has 5 nitrogen and oxygen atoms in total. The standard InChI is InChI=1S/C11H14N4OS/c1-2-13-14-9(1)10-8-16-5-4-15(10)7-11-12-3-6-17-11/h1-3,6,10H,4-5,7-8H2,(H,13,14). The third-order valence-corrected chi connectivity index (χ3v) is 3.71. The molecule has 0 radical (unpaired) electrons. The van der Waals surface area contributed by atoms with Crippen LogP contribution in [0.5, 0.6) is 0 Å². The van der Waals surface area contributed by atoms with Gasteiger partial charge in [0.05, 0.1) is 31.5 Å². The first-order valence-corrected chi connectivity index (χ1v) is 6.51. The normalized spacial score (nSPS) is 21.8. The van der Waals surface area contributed by atoms with Gasteiger partial charge >= 0.3 is 0 Å². The van der Waals surface area contributed by atoms with Gasteiger partial charge < -0.3 is 4.74 Å². The first kappa shape index (κ1) is 10.9. The Labute approximate surface area is 103 Å². The SMILES string of the molecule is c1cc(C2COCCN2Cc2nccs2)[nH]n1. The predicted molar refractivity (Wildman–Crippen MR) is 64.7 cm³/mol. The summed E-state index contributed by atoms with van der Waals surface area (Å²) in [5, 5.41) is 10.2. The Bertz CT molecular complexity index is 442. The van der Waals surface area contributed by atoms with Gasteiger partial charge in [-0.1, -0.05) is 0 Å². The molecule has 17 heavy (non-hydrogen) atoms. The second kappa shape index (κ2) is 4.95. The van der Waals surface area contributed by atoms with Crippen LogP contribution in [0.4, 0.5) is 0 Å². The van der Waals surface area contributed by atoms with E-state index in [0.29, 0.717) is 6.61 Å². The summed E-state index contributed by atoms with van der Waals surface area (Å²) in [5.41, 5.74) is 1.11. The van der Waals surface area contributed by atoms with Gasteiger partial charge in [0, 0.05) is 24.3 Å². The lowest BCUT2D eigenvalue weighted by molar-refractivity contribution is -0.0143. The molecule has 3 rings (SSSR count). The number of H-pyrrole nitrogens is 1. The molecule has 1 aliphatic rings. The Hall–Kier alpha value is -1.24. The van der Waals surface area contributed by atoms with Crippen LogP contribution in [0.15, 0.2) is 23.8 Å². The van der Waals surface area contributed by atoms with E-state index < -0.39 is 0 Å². The van der Waals surface area contributed by atoms with Crippen LogP contribution in [0.3, 0.4) is 0 Å². The van der Waals surface area contributed by atoms with E-state index in [4.69, 9.17) is 4.74 Å². The van der Waals surface area contributed by atoms with Crippen molar-refractivity contribution in [3.05, 3.63) is 34.5 Å². The molecule has 0 aromatic carbocycles. The monoisotopic (exact) mass is 250 g/mol. The summed E-state index contributed by atoms with van der Waals surface area (Å²) < 4.78 is 5.55. The first-order chi connectivity index (χ1) is 8.43. The van der Waals surface area contributed by atoms with Crippen molar-refractivity contribution in [1.82, 2.24) is 20.1 Å². The van der Waals surface area contributed by atoms with Gasteiger partial charge in [0.1, 0.15) is 5.01 Å². The first-order valence-electron chi connectivity index (χ1n) is 5.63. The lowest BCUT2D eigenvalue weighted by Crippen LogP contribution is -2.39. The zero-order valence-electron chi connectivity index (χ0n) is 9.37. The molecule has 90 valence electrons. The largest absolute Gasteiger partial charge is 0.378 e. The van der Waals surface area contributed by atoms with Crippen molar-refractivity contribution in [2.45, 2.75) is 12.6 Å². The van der Waals surface area contributed by atoms with E-state index in [0.717, 1.165) is 30.4 Å². The highest BCUT2D eigenvalue weighted by atomic mass is 32.1. The van der Waals surface area contributed by atoms with Gasteiger partial charge in [0.25, 0.3) is 0 Å². The van der Waals surface area contributed by atoms with Crippen molar-refractivity contribution in [3.8, 4) is 0 Å². The highest BCUT2D eigenvalue weighted by Gasteiger charge is 2.26. The van der Waals surface area contributed by atoms with E-state index in [1.165, 1.54) is 0 Å². The Kier molecular flexibility index (Phi) is 3.17.